The first-order valence-corrected chi connectivity index (χ1v) is 4.56. The van der Waals surface area contributed by atoms with E-state index >= 15 is 0 Å². The smallest absolute Gasteiger partial charge is 0.336 e. The second-order valence-electron chi connectivity index (χ2n) is 2.42. The highest BCUT2D eigenvalue weighted by molar-refractivity contribution is 9.10. The van der Waals surface area contributed by atoms with Crippen molar-refractivity contribution < 1.29 is 19.8 Å². The zero-order valence-corrected chi connectivity index (χ0v) is 8.96. The fraction of sp³-hybridized carbons (Fsp3) is 0. The number of halogens is 2. The maximum absolute atomic E-state index is 10.7. The molecular weight excluding hydrogens is 275 g/mol. The van der Waals surface area contributed by atoms with Gasteiger partial charge in [-0.3, -0.25) is 0 Å². The van der Waals surface area contributed by atoms with Crippen LogP contribution in [0.4, 0.5) is 0 Å². The number of hydrogen-bond acceptors (Lipinski definition) is 2. The first kappa shape index (κ1) is 11.0. The van der Waals surface area contributed by atoms with Crippen LogP contribution < -0.4 is 0 Å². The van der Waals surface area contributed by atoms with E-state index in [9.17, 15) is 9.59 Å². The molecule has 0 aliphatic rings. The summed E-state index contributed by atoms with van der Waals surface area (Å²) in [6, 6.07) is 2.26. The lowest BCUT2D eigenvalue weighted by atomic mass is 10.1. The molecular formula is C8H4BrClO4. The first-order valence-electron chi connectivity index (χ1n) is 3.39. The van der Waals surface area contributed by atoms with Gasteiger partial charge in [0.15, 0.2) is 0 Å². The summed E-state index contributed by atoms with van der Waals surface area (Å²) in [5.74, 6) is -2.63. The summed E-state index contributed by atoms with van der Waals surface area (Å²) in [6.45, 7) is 0. The quantitative estimate of drug-likeness (QED) is 0.872. The van der Waals surface area contributed by atoms with Gasteiger partial charge in [0.2, 0.25) is 0 Å². The Morgan fingerprint density at radius 1 is 1.14 bits per heavy atom. The molecule has 0 atom stereocenters. The molecule has 0 amide bonds. The molecule has 0 saturated carbocycles. The molecule has 0 heterocycles. The number of carbonyl (C=O) groups is 2. The summed E-state index contributed by atoms with van der Waals surface area (Å²) >= 11 is 8.64. The van der Waals surface area contributed by atoms with Crippen molar-refractivity contribution in [1.29, 1.82) is 0 Å². The third kappa shape index (κ3) is 2.05. The van der Waals surface area contributed by atoms with E-state index < -0.39 is 11.9 Å². The second kappa shape index (κ2) is 3.98. The Balaban J connectivity index is 3.46. The van der Waals surface area contributed by atoms with Crippen LogP contribution in [0.5, 0.6) is 0 Å². The molecule has 2 N–H and O–H groups in total. The van der Waals surface area contributed by atoms with Crippen molar-refractivity contribution >= 4 is 39.5 Å². The Kier molecular flexibility index (Phi) is 3.13. The number of benzene rings is 1. The van der Waals surface area contributed by atoms with Crippen molar-refractivity contribution in [3.8, 4) is 0 Å². The summed E-state index contributed by atoms with van der Waals surface area (Å²) in [5.41, 5.74) is -0.625. The van der Waals surface area contributed by atoms with E-state index in [2.05, 4.69) is 15.9 Å². The maximum Gasteiger partial charge on any atom is 0.336 e. The second-order valence-corrected chi connectivity index (χ2v) is 3.68. The van der Waals surface area contributed by atoms with Gasteiger partial charge in [0.25, 0.3) is 0 Å². The van der Waals surface area contributed by atoms with E-state index in [1.165, 1.54) is 0 Å². The van der Waals surface area contributed by atoms with Crippen LogP contribution in [0.2, 0.25) is 5.02 Å². The molecule has 1 aromatic carbocycles. The van der Waals surface area contributed by atoms with Gasteiger partial charge in [0, 0.05) is 4.47 Å². The number of carboxylic acids is 2. The minimum absolute atomic E-state index is 0.160. The van der Waals surface area contributed by atoms with Crippen LogP contribution in [0.25, 0.3) is 0 Å². The third-order valence-corrected chi connectivity index (χ3v) is 2.72. The normalized spacial score (nSPS) is 9.86. The van der Waals surface area contributed by atoms with Crippen molar-refractivity contribution in [1.82, 2.24) is 0 Å². The van der Waals surface area contributed by atoms with Gasteiger partial charge in [-0.15, -0.1) is 0 Å². The lowest BCUT2D eigenvalue weighted by Gasteiger charge is -2.03. The lowest BCUT2D eigenvalue weighted by Crippen LogP contribution is -2.07. The van der Waals surface area contributed by atoms with Gasteiger partial charge in [-0.25, -0.2) is 9.59 Å². The van der Waals surface area contributed by atoms with Crippen molar-refractivity contribution in [3.63, 3.8) is 0 Å². The van der Waals surface area contributed by atoms with E-state index in [-0.39, 0.29) is 16.1 Å². The van der Waals surface area contributed by atoms with Crippen LogP contribution in [-0.2, 0) is 0 Å². The van der Waals surface area contributed by atoms with E-state index in [0.29, 0.717) is 4.47 Å². The van der Waals surface area contributed by atoms with Crippen LogP contribution in [-0.4, -0.2) is 22.2 Å². The largest absolute Gasteiger partial charge is 0.478 e. The van der Waals surface area contributed by atoms with E-state index in [4.69, 9.17) is 21.8 Å². The van der Waals surface area contributed by atoms with E-state index in [0.717, 1.165) is 12.1 Å². The molecule has 0 fully saturated rings. The standard InChI is InChI=1S/C8H4BrClO4/c9-5-1-3(7(11)12)4(8(13)14)2-6(5)10/h1-2H,(H,11,12)(H,13,14). The fourth-order valence-electron chi connectivity index (χ4n) is 0.901. The molecule has 4 nitrogen and oxygen atoms in total. The Labute approximate surface area is 92.2 Å². The zero-order chi connectivity index (χ0) is 10.9. The number of carboxylic acid groups (broad SMARTS) is 2. The number of rotatable bonds is 2. The highest BCUT2D eigenvalue weighted by Gasteiger charge is 2.17. The molecule has 0 unspecified atom stereocenters. The van der Waals surface area contributed by atoms with Gasteiger partial charge in [-0.2, -0.15) is 0 Å². The molecule has 0 spiro atoms. The third-order valence-electron chi connectivity index (χ3n) is 1.52. The monoisotopic (exact) mass is 278 g/mol. The Morgan fingerprint density at radius 3 is 2.00 bits per heavy atom. The molecule has 74 valence electrons. The van der Waals surface area contributed by atoms with Crippen LogP contribution in [0.15, 0.2) is 16.6 Å². The Morgan fingerprint density at radius 2 is 1.57 bits per heavy atom. The first-order chi connectivity index (χ1) is 6.43. The van der Waals surface area contributed by atoms with Crippen molar-refractivity contribution in [2.24, 2.45) is 0 Å². The SMILES string of the molecule is O=C(O)c1cc(Cl)c(Br)cc1C(=O)O. The van der Waals surface area contributed by atoms with Gasteiger partial charge < -0.3 is 10.2 Å². The average Bonchev–Trinajstić information content (AvgIpc) is 2.08. The van der Waals surface area contributed by atoms with Gasteiger partial charge in [-0.05, 0) is 28.1 Å². The lowest BCUT2D eigenvalue weighted by molar-refractivity contribution is 0.0651. The van der Waals surface area contributed by atoms with Crippen molar-refractivity contribution in [2.45, 2.75) is 0 Å². The molecule has 0 aromatic heterocycles. The summed E-state index contributed by atoms with van der Waals surface area (Å²) in [5, 5.41) is 17.6. The molecule has 0 radical (unpaired) electrons. The topological polar surface area (TPSA) is 74.6 Å². The fourth-order valence-corrected chi connectivity index (χ4v) is 1.41. The summed E-state index contributed by atoms with van der Waals surface area (Å²) < 4.78 is 0.349. The molecule has 0 aliphatic heterocycles. The minimum atomic E-state index is -1.32. The molecule has 0 bridgehead atoms. The van der Waals surface area contributed by atoms with Gasteiger partial charge >= 0.3 is 11.9 Å². The Bertz CT molecular complexity index is 377. The highest BCUT2D eigenvalue weighted by atomic mass is 79.9. The minimum Gasteiger partial charge on any atom is -0.478 e. The van der Waals surface area contributed by atoms with Crippen LogP contribution >= 0.6 is 27.5 Å². The van der Waals surface area contributed by atoms with E-state index in [1.807, 2.05) is 0 Å². The number of hydrogen-bond donors (Lipinski definition) is 2. The summed E-state index contributed by atoms with van der Waals surface area (Å²) in [6.07, 6.45) is 0. The molecule has 14 heavy (non-hydrogen) atoms. The van der Waals surface area contributed by atoms with Crippen LogP contribution in [0.1, 0.15) is 20.7 Å². The van der Waals surface area contributed by atoms with Crippen molar-refractivity contribution in [2.75, 3.05) is 0 Å². The Hall–Kier alpha value is -1.07. The molecule has 0 saturated heterocycles. The highest BCUT2D eigenvalue weighted by Crippen LogP contribution is 2.26. The molecule has 1 aromatic rings. The maximum atomic E-state index is 10.7. The van der Waals surface area contributed by atoms with Gasteiger partial charge in [0.05, 0.1) is 16.1 Å². The van der Waals surface area contributed by atoms with Crippen molar-refractivity contribution in [3.05, 3.63) is 32.8 Å². The van der Waals surface area contributed by atoms with Crippen LogP contribution in [0, 0.1) is 0 Å². The van der Waals surface area contributed by atoms with E-state index in [1.54, 1.807) is 0 Å². The van der Waals surface area contributed by atoms with Gasteiger partial charge in [-0.1, -0.05) is 11.6 Å². The predicted molar refractivity (Wildman–Crippen MR) is 53.1 cm³/mol. The zero-order valence-electron chi connectivity index (χ0n) is 6.62. The summed E-state index contributed by atoms with van der Waals surface area (Å²) in [4.78, 5) is 21.3. The molecule has 1 rings (SSSR count). The number of aromatic carboxylic acids is 2. The molecule has 0 aliphatic carbocycles. The predicted octanol–water partition coefficient (Wildman–Crippen LogP) is 2.50. The molecule has 6 heteroatoms. The summed E-state index contributed by atoms with van der Waals surface area (Å²) in [7, 11) is 0. The average molecular weight is 279 g/mol. The van der Waals surface area contributed by atoms with Crippen LogP contribution in [0.3, 0.4) is 0 Å². The van der Waals surface area contributed by atoms with Gasteiger partial charge in [0.1, 0.15) is 0 Å².